The predicted molar refractivity (Wildman–Crippen MR) is 64.8 cm³/mol. The zero-order valence-corrected chi connectivity index (χ0v) is 10.4. The van der Waals surface area contributed by atoms with Crippen LogP contribution in [0.25, 0.3) is 0 Å². The number of para-hydroxylation sites is 2. The Bertz CT molecular complexity index is 532. The zero-order valence-electron chi connectivity index (χ0n) is 8.80. The molecule has 0 radical (unpaired) electrons. The Balaban J connectivity index is 1.84. The van der Waals surface area contributed by atoms with Crippen LogP contribution in [-0.2, 0) is 5.88 Å². The Morgan fingerprint density at radius 3 is 2.88 bits per heavy atom. The van der Waals surface area contributed by atoms with Gasteiger partial charge in [0.25, 0.3) is 0 Å². The molecule has 1 atom stereocenters. The van der Waals surface area contributed by atoms with Crippen molar-refractivity contribution in [1.82, 2.24) is 10.2 Å². The Hall–Kier alpha value is -1.33. The third-order valence-corrected chi connectivity index (χ3v) is 3.81. The van der Waals surface area contributed by atoms with Gasteiger partial charge in [-0.3, -0.25) is 0 Å². The van der Waals surface area contributed by atoms with Gasteiger partial charge in [-0.1, -0.05) is 23.5 Å². The fourth-order valence-electron chi connectivity index (χ4n) is 1.59. The molecule has 1 aliphatic rings. The average Bonchev–Trinajstić information content (AvgIpc) is 2.87. The van der Waals surface area contributed by atoms with Gasteiger partial charge < -0.3 is 9.47 Å². The molecule has 0 bridgehead atoms. The smallest absolute Gasteiger partial charge is 0.186 e. The van der Waals surface area contributed by atoms with E-state index in [0.717, 1.165) is 21.5 Å². The molecule has 0 N–H and O–H groups in total. The molecule has 4 nitrogen and oxygen atoms in total. The van der Waals surface area contributed by atoms with Gasteiger partial charge in [0.1, 0.15) is 11.6 Å². The van der Waals surface area contributed by atoms with Gasteiger partial charge in [-0.2, -0.15) is 0 Å². The number of ether oxygens (including phenoxy) is 2. The van der Waals surface area contributed by atoms with E-state index in [-0.39, 0.29) is 6.10 Å². The van der Waals surface area contributed by atoms with Crippen LogP contribution < -0.4 is 9.47 Å². The molecular weight excluding hydrogens is 260 g/mol. The van der Waals surface area contributed by atoms with Crippen LogP contribution in [-0.4, -0.2) is 16.8 Å². The second kappa shape index (κ2) is 4.50. The minimum atomic E-state index is -0.195. The molecule has 0 spiro atoms. The normalized spacial score (nSPS) is 18.1. The first kappa shape index (κ1) is 10.8. The maximum atomic E-state index is 5.82. The summed E-state index contributed by atoms with van der Waals surface area (Å²) in [4.78, 5) is 0. The zero-order chi connectivity index (χ0) is 11.7. The van der Waals surface area contributed by atoms with E-state index in [9.17, 15) is 0 Å². The maximum Gasteiger partial charge on any atom is 0.186 e. The third kappa shape index (κ3) is 2.08. The van der Waals surface area contributed by atoms with E-state index in [2.05, 4.69) is 10.2 Å². The van der Waals surface area contributed by atoms with E-state index < -0.39 is 0 Å². The highest BCUT2D eigenvalue weighted by molar-refractivity contribution is 7.11. The summed E-state index contributed by atoms with van der Waals surface area (Å²) in [6.07, 6.45) is -0.195. The Morgan fingerprint density at radius 1 is 1.29 bits per heavy atom. The second-order valence-corrected chi connectivity index (χ2v) is 4.89. The van der Waals surface area contributed by atoms with E-state index in [1.165, 1.54) is 11.3 Å². The fraction of sp³-hybridized carbons (Fsp3) is 0.273. The molecule has 0 fully saturated rings. The van der Waals surface area contributed by atoms with Gasteiger partial charge in [0, 0.05) is 0 Å². The molecule has 2 aromatic rings. The summed E-state index contributed by atoms with van der Waals surface area (Å²) in [5, 5.41) is 9.63. The molecule has 0 aliphatic carbocycles. The van der Waals surface area contributed by atoms with E-state index in [0.29, 0.717) is 12.5 Å². The number of halogens is 1. The van der Waals surface area contributed by atoms with Crippen LogP contribution in [0.3, 0.4) is 0 Å². The molecule has 1 aromatic carbocycles. The standard InChI is InChI=1S/C11H9ClN2O2S/c12-5-10-13-14-11(17-10)9-6-15-7-3-1-2-4-8(7)16-9/h1-4,9H,5-6H2. The van der Waals surface area contributed by atoms with Gasteiger partial charge in [-0.15, -0.1) is 21.8 Å². The summed E-state index contributed by atoms with van der Waals surface area (Å²) in [7, 11) is 0. The van der Waals surface area contributed by atoms with E-state index >= 15 is 0 Å². The third-order valence-electron chi connectivity index (χ3n) is 2.38. The van der Waals surface area contributed by atoms with Crippen LogP contribution in [0, 0.1) is 0 Å². The summed E-state index contributed by atoms with van der Waals surface area (Å²) in [5.41, 5.74) is 0. The minimum Gasteiger partial charge on any atom is -0.485 e. The molecule has 1 aliphatic heterocycles. The lowest BCUT2D eigenvalue weighted by Gasteiger charge is -2.24. The molecular formula is C11H9ClN2O2S. The summed E-state index contributed by atoms with van der Waals surface area (Å²) in [5.74, 6) is 1.89. The first-order chi connectivity index (χ1) is 8.36. The van der Waals surface area contributed by atoms with E-state index in [1.54, 1.807) is 0 Å². The molecule has 0 saturated heterocycles. The van der Waals surface area contributed by atoms with Crippen LogP contribution in [0.2, 0.25) is 0 Å². The van der Waals surface area contributed by atoms with Crippen LogP contribution >= 0.6 is 22.9 Å². The number of benzene rings is 1. The van der Waals surface area contributed by atoms with Crippen molar-refractivity contribution >= 4 is 22.9 Å². The maximum absolute atomic E-state index is 5.82. The van der Waals surface area contributed by atoms with Crippen LogP contribution in [0.15, 0.2) is 24.3 Å². The predicted octanol–water partition coefficient (Wildman–Crippen LogP) is 2.79. The highest BCUT2D eigenvalue weighted by Crippen LogP contribution is 2.36. The molecule has 0 amide bonds. The van der Waals surface area contributed by atoms with Gasteiger partial charge in [0.2, 0.25) is 0 Å². The van der Waals surface area contributed by atoms with Crippen molar-refractivity contribution in [2.45, 2.75) is 12.0 Å². The lowest BCUT2D eigenvalue weighted by Crippen LogP contribution is -2.21. The topological polar surface area (TPSA) is 44.2 Å². The number of hydrogen-bond donors (Lipinski definition) is 0. The van der Waals surface area contributed by atoms with Crippen molar-refractivity contribution in [3.8, 4) is 11.5 Å². The Kier molecular flexibility index (Phi) is 2.86. The summed E-state index contributed by atoms with van der Waals surface area (Å²) < 4.78 is 11.4. The molecule has 2 heterocycles. The average molecular weight is 269 g/mol. The number of nitrogens with zero attached hydrogens (tertiary/aromatic N) is 2. The Morgan fingerprint density at radius 2 is 2.12 bits per heavy atom. The van der Waals surface area contributed by atoms with E-state index in [1.807, 2.05) is 24.3 Å². The van der Waals surface area contributed by atoms with Crippen molar-refractivity contribution < 1.29 is 9.47 Å². The summed E-state index contributed by atoms with van der Waals surface area (Å²) in [6, 6.07) is 7.59. The fourth-order valence-corrected chi connectivity index (χ4v) is 2.52. The van der Waals surface area contributed by atoms with Crippen molar-refractivity contribution in [3.05, 3.63) is 34.3 Å². The number of rotatable bonds is 2. The number of hydrogen-bond acceptors (Lipinski definition) is 5. The van der Waals surface area contributed by atoms with Gasteiger partial charge in [-0.05, 0) is 12.1 Å². The van der Waals surface area contributed by atoms with Crippen molar-refractivity contribution in [3.63, 3.8) is 0 Å². The molecule has 0 saturated carbocycles. The molecule has 88 valence electrons. The second-order valence-electron chi connectivity index (χ2n) is 3.53. The molecule has 17 heavy (non-hydrogen) atoms. The van der Waals surface area contributed by atoms with Crippen molar-refractivity contribution in [2.75, 3.05) is 6.61 Å². The number of fused-ring (bicyclic) bond motifs is 1. The molecule has 3 rings (SSSR count). The van der Waals surface area contributed by atoms with Gasteiger partial charge in [-0.25, -0.2) is 0 Å². The SMILES string of the molecule is ClCc1nnc(C2COc3ccccc3O2)s1. The first-order valence-corrected chi connectivity index (χ1v) is 6.48. The lowest BCUT2D eigenvalue weighted by molar-refractivity contribution is 0.0906. The quantitative estimate of drug-likeness (QED) is 0.786. The molecule has 1 unspecified atom stereocenters. The summed E-state index contributed by atoms with van der Waals surface area (Å²) >= 11 is 7.15. The van der Waals surface area contributed by atoms with Gasteiger partial charge in [0.15, 0.2) is 22.6 Å². The monoisotopic (exact) mass is 268 g/mol. The highest BCUT2D eigenvalue weighted by Gasteiger charge is 2.25. The van der Waals surface area contributed by atoms with Crippen LogP contribution in [0.1, 0.15) is 16.1 Å². The largest absolute Gasteiger partial charge is 0.485 e. The van der Waals surface area contributed by atoms with Gasteiger partial charge >= 0.3 is 0 Å². The van der Waals surface area contributed by atoms with Gasteiger partial charge in [0.05, 0.1) is 5.88 Å². The summed E-state index contributed by atoms with van der Waals surface area (Å²) in [6.45, 7) is 0.452. The lowest BCUT2D eigenvalue weighted by atomic mass is 10.3. The minimum absolute atomic E-state index is 0.195. The number of alkyl halides is 1. The van der Waals surface area contributed by atoms with Crippen molar-refractivity contribution in [1.29, 1.82) is 0 Å². The molecule has 6 heteroatoms. The van der Waals surface area contributed by atoms with Crippen LogP contribution in [0.5, 0.6) is 11.5 Å². The van der Waals surface area contributed by atoms with Crippen molar-refractivity contribution in [2.24, 2.45) is 0 Å². The Labute approximate surface area is 107 Å². The number of aromatic nitrogens is 2. The highest BCUT2D eigenvalue weighted by atomic mass is 35.5. The van der Waals surface area contributed by atoms with E-state index in [4.69, 9.17) is 21.1 Å². The van der Waals surface area contributed by atoms with Crippen LogP contribution in [0.4, 0.5) is 0 Å². The first-order valence-electron chi connectivity index (χ1n) is 5.13. The molecule has 1 aromatic heterocycles.